The van der Waals surface area contributed by atoms with Gasteiger partial charge in [-0.1, -0.05) is 35.9 Å². The third-order valence-electron chi connectivity index (χ3n) is 3.06. The fourth-order valence-corrected chi connectivity index (χ4v) is 2.40. The summed E-state index contributed by atoms with van der Waals surface area (Å²) >= 11 is 6.14. The molecular formula is C15H9ClO2. The Hall–Kier alpha value is -2.06. The van der Waals surface area contributed by atoms with E-state index in [1.54, 1.807) is 12.1 Å². The molecule has 0 bridgehead atoms. The summed E-state index contributed by atoms with van der Waals surface area (Å²) < 4.78 is 0. The zero-order chi connectivity index (χ0) is 12.7. The predicted octanol–water partition coefficient (Wildman–Crippen LogP) is 4.34. The monoisotopic (exact) mass is 256 g/mol. The van der Waals surface area contributed by atoms with Crippen LogP contribution in [0.4, 0.5) is 0 Å². The van der Waals surface area contributed by atoms with Crippen molar-refractivity contribution in [1.29, 1.82) is 0 Å². The van der Waals surface area contributed by atoms with Gasteiger partial charge in [-0.2, -0.15) is 0 Å². The van der Waals surface area contributed by atoms with E-state index in [9.17, 15) is 9.90 Å². The van der Waals surface area contributed by atoms with E-state index in [1.165, 1.54) is 0 Å². The summed E-state index contributed by atoms with van der Waals surface area (Å²) in [5, 5.41) is 13.3. The summed E-state index contributed by atoms with van der Waals surface area (Å²) in [5.41, 5.74) is 0.278. The summed E-state index contributed by atoms with van der Waals surface area (Å²) in [6.45, 7) is 0. The van der Waals surface area contributed by atoms with E-state index in [4.69, 9.17) is 11.6 Å². The molecule has 18 heavy (non-hydrogen) atoms. The van der Waals surface area contributed by atoms with Gasteiger partial charge in [0.1, 0.15) is 0 Å². The molecule has 0 saturated heterocycles. The molecule has 88 valence electrons. The molecule has 0 atom stereocenters. The number of fused-ring (bicyclic) bond motifs is 2. The molecule has 0 heterocycles. The summed E-state index contributed by atoms with van der Waals surface area (Å²) in [4.78, 5) is 11.2. The molecule has 0 fully saturated rings. The molecule has 0 saturated carbocycles. The first-order valence-corrected chi connectivity index (χ1v) is 5.89. The minimum Gasteiger partial charge on any atom is -0.478 e. The van der Waals surface area contributed by atoms with Gasteiger partial charge in [0.15, 0.2) is 0 Å². The standard InChI is InChI=1S/C15H9ClO2/c16-14-6-5-11(15(17)18)12-7-9-3-1-2-4-10(9)8-13(12)14/h1-8H,(H,17,18). The van der Waals surface area contributed by atoms with E-state index in [1.807, 2.05) is 36.4 Å². The van der Waals surface area contributed by atoms with Crippen LogP contribution in [0.1, 0.15) is 10.4 Å². The zero-order valence-electron chi connectivity index (χ0n) is 9.35. The first kappa shape index (κ1) is 11.1. The molecule has 0 amide bonds. The molecule has 2 nitrogen and oxygen atoms in total. The Morgan fingerprint density at radius 3 is 2.17 bits per heavy atom. The van der Waals surface area contributed by atoms with Gasteiger partial charge in [-0.15, -0.1) is 0 Å². The molecule has 0 aliphatic rings. The molecule has 0 radical (unpaired) electrons. The summed E-state index contributed by atoms with van der Waals surface area (Å²) in [6.07, 6.45) is 0. The largest absolute Gasteiger partial charge is 0.478 e. The first-order valence-electron chi connectivity index (χ1n) is 5.51. The third kappa shape index (κ3) is 1.62. The van der Waals surface area contributed by atoms with Crippen molar-refractivity contribution in [2.24, 2.45) is 0 Å². The first-order chi connectivity index (χ1) is 8.66. The summed E-state index contributed by atoms with van der Waals surface area (Å²) in [7, 11) is 0. The number of carboxylic acid groups (broad SMARTS) is 1. The van der Waals surface area contributed by atoms with Crippen LogP contribution < -0.4 is 0 Å². The SMILES string of the molecule is O=C(O)c1ccc(Cl)c2cc3ccccc3cc12. The van der Waals surface area contributed by atoms with Crippen molar-refractivity contribution in [1.82, 2.24) is 0 Å². The van der Waals surface area contributed by atoms with Gasteiger partial charge < -0.3 is 5.11 Å². The maximum absolute atomic E-state index is 11.2. The minimum absolute atomic E-state index is 0.278. The van der Waals surface area contributed by atoms with Crippen molar-refractivity contribution in [3.8, 4) is 0 Å². The maximum Gasteiger partial charge on any atom is 0.336 e. The second-order valence-corrected chi connectivity index (χ2v) is 4.55. The van der Waals surface area contributed by atoms with Crippen LogP contribution in [0.5, 0.6) is 0 Å². The van der Waals surface area contributed by atoms with Gasteiger partial charge in [0.25, 0.3) is 0 Å². The van der Waals surface area contributed by atoms with Gasteiger partial charge >= 0.3 is 5.97 Å². The highest BCUT2D eigenvalue weighted by atomic mass is 35.5. The number of hydrogen-bond acceptors (Lipinski definition) is 1. The number of carbonyl (C=O) groups is 1. The molecule has 0 aliphatic carbocycles. The Labute approximate surface area is 108 Å². The van der Waals surface area contributed by atoms with Crippen molar-refractivity contribution < 1.29 is 9.90 Å². The van der Waals surface area contributed by atoms with Crippen molar-refractivity contribution in [3.05, 3.63) is 59.1 Å². The fourth-order valence-electron chi connectivity index (χ4n) is 2.18. The molecule has 3 aromatic carbocycles. The lowest BCUT2D eigenvalue weighted by Gasteiger charge is -2.07. The normalized spacial score (nSPS) is 10.9. The molecule has 3 aromatic rings. The van der Waals surface area contributed by atoms with Gasteiger partial charge in [0.05, 0.1) is 5.56 Å². The number of carboxylic acids is 1. The highest BCUT2D eigenvalue weighted by Crippen LogP contribution is 2.30. The van der Waals surface area contributed by atoms with Crippen molar-refractivity contribution in [2.45, 2.75) is 0 Å². The summed E-state index contributed by atoms with van der Waals surface area (Å²) in [6, 6.07) is 14.8. The van der Waals surface area contributed by atoms with Gasteiger partial charge in [0, 0.05) is 10.4 Å². The van der Waals surface area contributed by atoms with Crippen LogP contribution in [0.3, 0.4) is 0 Å². The van der Waals surface area contributed by atoms with Crippen molar-refractivity contribution in [3.63, 3.8) is 0 Å². The van der Waals surface area contributed by atoms with Crippen molar-refractivity contribution >= 4 is 39.1 Å². The number of rotatable bonds is 1. The second-order valence-electron chi connectivity index (χ2n) is 4.15. The lowest BCUT2D eigenvalue weighted by molar-refractivity contribution is 0.0699. The Bertz CT molecular complexity index is 778. The van der Waals surface area contributed by atoms with E-state index in [0.717, 1.165) is 16.2 Å². The predicted molar refractivity (Wildman–Crippen MR) is 73.4 cm³/mol. The van der Waals surface area contributed by atoms with Gasteiger partial charge in [-0.25, -0.2) is 4.79 Å². The molecule has 3 rings (SSSR count). The number of hydrogen-bond donors (Lipinski definition) is 1. The lowest BCUT2D eigenvalue weighted by Crippen LogP contribution is -1.97. The zero-order valence-corrected chi connectivity index (χ0v) is 10.1. The van der Waals surface area contributed by atoms with E-state index in [0.29, 0.717) is 10.4 Å². The van der Waals surface area contributed by atoms with Crippen LogP contribution in [0.2, 0.25) is 5.02 Å². The van der Waals surface area contributed by atoms with Crippen LogP contribution in [-0.4, -0.2) is 11.1 Å². The Morgan fingerprint density at radius 2 is 1.56 bits per heavy atom. The van der Waals surface area contributed by atoms with Crippen LogP contribution in [-0.2, 0) is 0 Å². The highest BCUT2D eigenvalue weighted by Gasteiger charge is 2.11. The molecule has 0 aromatic heterocycles. The number of aromatic carboxylic acids is 1. The Balaban J connectivity index is 2.52. The smallest absolute Gasteiger partial charge is 0.336 e. The number of benzene rings is 3. The average molecular weight is 257 g/mol. The van der Waals surface area contributed by atoms with Crippen LogP contribution >= 0.6 is 11.6 Å². The van der Waals surface area contributed by atoms with Gasteiger partial charge in [0.2, 0.25) is 0 Å². The second kappa shape index (κ2) is 4.00. The minimum atomic E-state index is -0.938. The summed E-state index contributed by atoms with van der Waals surface area (Å²) in [5.74, 6) is -0.938. The number of halogens is 1. The highest BCUT2D eigenvalue weighted by molar-refractivity contribution is 6.36. The fraction of sp³-hybridized carbons (Fsp3) is 0. The van der Waals surface area contributed by atoms with E-state index in [2.05, 4.69) is 0 Å². The van der Waals surface area contributed by atoms with Crippen LogP contribution in [0.25, 0.3) is 21.5 Å². The molecule has 0 aliphatic heterocycles. The molecule has 3 heteroatoms. The topological polar surface area (TPSA) is 37.3 Å². The van der Waals surface area contributed by atoms with E-state index >= 15 is 0 Å². The Morgan fingerprint density at radius 1 is 0.944 bits per heavy atom. The molecule has 0 spiro atoms. The quantitative estimate of drug-likeness (QED) is 0.658. The van der Waals surface area contributed by atoms with E-state index < -0.39 is 5.97 Å². The van der Waals surface area contributed by atoms with Gasteiger partial charge in [-0.3, -0.25) is 0 Å². The van der Waals surface area contributed by atoms with E-state index in [-0.39, 0.29) is 5.56 Å². The van der Waals surface area contributed by atoms with Crippen LogP contribution in [0.15, 0.2) is 48.5 Å². The van der Waals surface area contributed by atoms with Crippen molar-refractivity contribution in [2.75, 3.05) is 0 Å². The maximum atomic E-state index is 11.2. The molecule has 0 unspecified atom stereocenters. The third-order valence-corrected chi connectivity index (χ3v) is 3.39. The van der Waals surface area contributed by atoms with Crippen LogP contribution in [0, 0.1) is 0 Å². The average Bonchev–Trinajstić information content (AvgIpc) is 2.37. The Kier molecular flexibility index (Phi) is 2.46. The molecular weight excluding hydrogens is 248 g/mol. The van der Waals surface area contributed by atoms with Gasteiger partial charge in [-0.05, 0) is 40.4 Å². The molecule has 1 N–H and O–H groups in total. The lowest BCUT2D eigenvalue weighted by atomic mass is 10.00.